The standard InChI is InChI=1S/C19H31N/c1-7-16(4)14-17-12-10-11-13-18(17)20(6)15-19(5,8-2)9-3/h8,10-13,16H,2,7,9,14-15H2,1,3-6H3. The van der Waals surface area contributed by atoms with Gasteiger partial charge in [-0.2, -0.15) is 0 Å². The summed E-state index contributed by atoms with van der Waals surface area (Å²) in [6.45, 7) is 14.1. The lowest BCUT2D eigenvalue weighted by Crippen LogP contribution is -2.32. The molecule has 0 aromatic heterocycles. The second kappa shape index (κ2) is 7.52. The Morgan fingerprint density at radius 3 is 2.50 bits per heavy atom. The van der Waals surface area contributed by atoms with E-state index < -0.39 is 0 Å². The molecule has 0 aliphatic carbocycles. The van der Waals surface area contributed by atoms with Gasteiger partial charge in [-0.15, -0.1) is 6.58 Å². The molecular formula is C19H31N. The van der Waals surface area contributed by atoms with Crippen molar-refractivity contribution in [3.8, 4) is 0 Å². The van der Waals surface area contributed by atoms with Crippen LogP contribution in [0.15, 0.2) is 36.9 Å². The predicted octanol–water partition coefficient (Wildman–Crippen LogP) is 5.31. The van der Waals surface area contributed by atoms with E-state index in [-0.39, 0.29) is 5.41 Å². The van der Waals surface area contributed by atoms with Crippen LogP contribution in [0.3, 0.4) is 0 Å². The van der Waals surface area contributed by atoms with Crippen LogP contribution in [0.1, 0.15) is 46.1 Å². The maximum atomic E-state index is 4.01. The molecule has 0 N–H and O–H groups in total. The Bertz CT molecular complexity index is 424. The zero-order valence-electron chi connectivity index (χ0n) is 13.9. The monoisotopic (exact) mass is 273 g/mol. The molecule has 2 atom stereocenters. The summed E-state index contributed by atoms with van der Waals surface area (Å²) in [5.74, 6) is 0.738. The molecule has 0 saturated heterocycles. The van der Waals surface area contributed by atoms with Crippen LogP contribution in [0.25, 0.3) is 0 Å². The highest BCUT2D eigenvalue weighted by Crippen LogP contribution is 2.29. The lowest BCUT2D eigenvalue weighted by molar-refractivity contribution is 0.416. The first-order chi connectivity index (χ1) is 9.45. The Morgan fingerprint density at radius 2 is 1.95 bits per heavy atom. The highest BCUT2D eigenvalue weighted by Gasteiger charge is 2.21. The van der Waals surface area contributed by atoms with Crippen LogP contribution in [-0.4, -0.2) is 13.6 Å². The Kier molecular flexibility index (Phi) is 6.32. The van der Waals surface area contributed by atoms with Gasteiger partial charge in [-0.25, -0.2) is 0 Å². The minimum atomic E-state index is 0.179. The van der Waals surface area contributed by atoms with E-state index in [4.69, 9.17) is 0 Å². The summed E-state index contributed by atoms with van der Waals surface area (Å²) in [6, 6.07) is 8.82. The molecule has 1 aromatic rings. The van der Waals surface area contributed by atoms with Crippen LogP contribution < -0.4 is 4.90 Å². The quantitative estimate of drug-likeness (QED) is 0.580. The fourth-order valence-corrected chi connectivity index (χ4v) is 2.52. The molecule has 112 valence electrons. The summed E-state index contributed by atoms with van der Waals surface area (Å²) in [5.41, 5.74) is 3.01. The van der Waals surface area contributed by atoms with Crippen molar-refractivity contribution in [2.24, 2.45) is 11.3 Å². The normalized spacial score (nSPS) is 15.4. The van der Waals surface area contributed by atoms with Crippen LogP contribution in [-0.2, 0) is 6.42 Å². The van der Waals surface area contributed by atoms with Crippen LogP contribution in [0.4, 0.5) is 5.69 Å². The molecule has 0 spiro atoms. The van der Waals surface area contributed by atoms with E-state index >= 15 is 0 Å². The number of hydrogen-bond acceptors (Lipinski definition) is 1. The Hall–Kier alpha value is -1.24. The second-order valence-electron chi connectivity index (χ2n) is 6.41. The molecule has 1 nitrogen and oxygen atoms in total. The first kappa shape index (κ1) is 16.8. The fourth-order valence-electron chi connectivity index (χ4n) is 2.52. The summed E-state index contributed by atoms with van der Waals surface area (Å²) < 4.78 is 0. The van der Waals surface area contributed by atoms with Crippen molar-refractivity contribution in [2.75, 3.05) is 18.5 Å². The largest absolute Gasteiger partial charge is 0.374 e. The third kappa shape index (κ3) is 4.40. The van der Waals surface area contributed by atoms with Crippen LogP contribution in [0.5, 0.6) is 0 Å². The molecule has 0 fully saturated rings. The molecular weight excluding hydrogens is 242 g/mol. The third-order valence-electron chi connectivity index (χ3n) is 4.57. The molecule has 1 aromatic carbocycles. The first-order valence-electron chi connectivity index (χ1n) is 7.88. The van der Waals surface area contributed by atoms with Crippen molar-refractivity contribution in [1.82, 2.24) is 0 Å². The molecule has 2 unspecified atom stereocenters. The third-order valence-corrected chi connectivity index (χ3v) is 4.57. The molecule has 1 rings (SSSR count). The van der Waals surface area contributed by atoms with Gasteiger partial charge in [0.05, 0.1) is 0 Å². The predicted molar refractivity (Wildman–Crippen MR) is 91.5 cm³/mol. The van der Waals surface area contributed by atoms with E-state index in [1.807, 2.05) is 0 Å². The average molecular weight is 273 g/mol. The molecule has 1 heteroatoms. The van der Waals surface area contributed by atoms with Gasteiger partial charge in [0.1, 0.15) is 0 Å². The topological polar surface area (TPSA) is 3.24 Å². The second-order valence-corrected chi connectivity index (χ2v) is 6.41. The van der Waals surface area contributed by atoms with Gasteiger partial charge in [-0.05, 0) is 30.4 Å². The number of anilines is 1. The number of hydrogen-bond donors (Lipinski definition) is 0. The summed E-state index contributed by atoms with van der Waals surface area (Å²) in [4.78, 5) is 2.39. The minimum absolute atomic E-state index is 0.179. The van der Waals surface area contributed by atoms with Crippen molar-refractivity contribution < 1.29 is 0 Å². The minimum Gasteiger partial charge on any atom is -0.374 e. The molecule has 0 aliphatic heterocycles. The summed E-state index contributed by atoms with van der Waals surface area (Å²) in [5, 5.41) is 0. The van der Waals surface area contributed by atoms with Gasteiger partial charge in [0.25, 0.3) is 0 Å². The lowest BCUT2D eigenvalue weighted by atomic mass is 9.87. The Labute approximate surface area is 125 Å². The van der Waals surface area contributed by atoms with Crippen molar-refractivity contribution in [3.05, 3.63) is 42.5 Å². The van der Waals surface area contributed by atoms with Crippen molar-refractivity contribution in [2.45, 2.75) is 47.0 Å². The number of benzene rings is 1. The molecule has 0 radical (unpaired) electrons. The van der Waals surface area contributed by atoms with Gasteiger partial charge in [0.15, 0.2) is 0 Å². The average Bonchev–Trinajstić information content (AvgIpc) is 2.47. The molecule has 0 heterocycles. The van der Waals surface area contributed by atoms with E-state index in [9.17, 15) is 0 Å². The zero-order chi connectivity index (χ0) is 15.2. The first-order valence-corrected chi connectivity index (χ1v) is 7.88. The van der Waals surface area contributed by atoms with E-state index in [2.05, 4.69) is 76.6 Å². The number of rotatable bonds is 8. The highest BCUT2D eigenvalue weighted by atomic mass is 15.1. The number of para-hydroxylation sites is 1. The van der Waals surface area contributed by atoms with Crippen LogP contribution in [0, 0.1) is 11.3 Å². The van der Waals surface area contributed by atoms with E-state index in [1.165, 1.54) is 17.7 Å². The SMILES string of the molecule is C=CC(C)(CC)CN(C)c1ccccc1CC(C)CC. The Balaban J connectivity index is 2.92. The molecule has 0 aliphatic rings. The molecule has 0 saturated carbocycles. The molecule has 20 heavy (non-hydrogen) atoms. The van der Waals surface area contributed by atoms with Gasteiger partial charge < -0.3 is 4.90 Å². The molecule has 0 amide bonds. The van der Waals surface area contributed by atoms with Gasteiger partial charge in [0, 0.05) is 24.7 Å². The van der Waals surface area contributed by atoms with Gasteiger partial charge in [-0.3, -0.25) is 0 Å². The lowest BCUT2D eigenvalue weighted by Gasteiger charge is -2.33. The summed E-state index contributed by atoms with van der Waals surface area (Å²) >= 11 is 0. The van der Waals surface area contributed by atoms with E-state index in [0.29, 0.717) is 0 Å². The van der Waals surface area contributed by atoms with Crippen LogP contribution in [0.2, 0.25) is 0 Å². The van der Waals surface area contributed by atoms with Crippen molar-refractivity contribution >= 4 is 5.69 Å². The van der Waals surface area contributed by atoms with Crippen molar-refractivity contribution in [1.29, 1.82) is 0 Å². The van der Waals surface area contributed by atoms with E-state index in [1.54, 1.807) is 0 Å². The highest BCUT2D eigenvalue weighted by molar-refractivity contribution is 5.53. The smallest absolute Gasteiger partial charge is 0.0396 e. The Morgan fingerprint density at radius 1 is 1.30 bits per heavy atom. The maximum Gasteiger partial charge on any atom is 0.0396 e. The van der Waals surface area contributed by atoms with Crippen molar-refractivity contribution in [3.63, 3.8) is 0 Å². The van der Waals surface area contributed by atoms with E-state index in [0.717, 1.165) is 25.3 Å². The fraction of sp³-hybridized carbons (Fsp3) is 0.579. The van der Waals surface area contributed by atoms with Gasteiger partial charge >= 0.3 is 0 Å². The maximum absolute atomic E-state index is 4.01. The summed E-state index contributed by atoms with van der Waals surface area (Å²) in [7, 11) is 2.20. The van der Waals surface area contributed by atoms with Crippen LogP contribution >= 0.6 is 0 Å². The summed E-state index contributed by atoms with van der Waals surface area (Å²) in [6.07, 6.45) is 5.61. The zero-order valence-corrected chi connectivity index (χ0v) is 13.9. The number of nitrogens with zero attached hydrogens (tertiary/aromatic N) is 1. The van der Waals surface area contributed by atoms with Gasteiger partial charge in [0.2, 0.25) is 0 Å². The van der Waals surface area contributed by atoms with Gasteiger partial charge in [-0.1, -0.05) is 58.4 Å². The molecule has 0 bridgehead atoms.